The van der Waals surface area contributed by atoms with Crippen LogP contribution in [0, 0.1) is 0 Å². The van der Waals surface area contributed by atoms with Crippen LogP contribution in [-0.4, -0.2) is 24.8 Å². The standard InChI is InChI=1S/C22H47NO/c1-4-7-10-13-15-17-20-23(24-22-19-12-9-6-3)21-18-16-14-11-8-5-2/h4-22H2,1-3H3. The Kier molecular flexibility index (Phi) is 20.9. The lowest BCUT2D eigenvalue weighted by atomic mass is 10.1. The summed E-state index contributed by atoms with van der Waals surface area (Å²) in [5.74, 6) is 0. The molecule has 0 atom stereocenters. The summed E-state index contributed by atoms with van der Waals surface area (Å²) < 4.78 is 0. The van der Waals surface area contributed by atoms with Crippen LogP contribution in [0.15, 0.2) is 0 Å². The predicted octanol–water partition coefficient (Wildman–Crippen LogP) is 7.52. The van der Waals surface area contributed by atoms with Gasteiger partial charge in [-0.25, -0.2) is 0 Å². The molecule has 0 spiro atoms. The zero-order valence-corrected chi connectivity index (χ0v) is 17.3. The predicted molar refractivity (Wildman–Crippen MR) is 108 cm³/mol. The van der Waals surface area contributed by atoms with E-state index in [1.165, 1.54) is 103 Å². The minimum atomic E-state index is 0.922. The summed E-state index contributed by atoms with van der Waals surface area (Å²) in [5.41, 5.74) is 0. The summed E-state index contributed by atoms with van der Waals surface area (Å²) in [5, 5.41) is 2.28. The molecule has 0 unspecified atom stereocenters. The van der Waals surface area contributed by atoms with Crippen LogP contribution in [0.5, 0.6) is 0 Å². The summed E-state index contributed by atoms with van der Waals surface area (Å²) in [6.07, 6.45) is 21.6. The molecule has 0 aromatic rings. The van der Waals surface area contributed by atoms with Crippen molar-refractivity contribution < 1.29 is 4.84 Å². The van der Waals surface area contributed by atoms with Crippen LogP contribution in [0.3, 0.4) is 0 Å². The summed E-state index contributed by atoms with van der Waals surface area (Å²) >= 11 is 0. The van der Waals surface area contributed by atoms with Gasteiger partial charge in [0.25, 0.3) is 0 Å². The van der Waals surface area contributed by atoms with E-state index in [1.54, 1.807) is 0 Å². The second-order valence-corrected chi connectivity index (χ2v) is 7.36. The molecule has 0 bridgehead atoms. The van der Waals surface area contributed by atoms with Gasteiger partial charge in [0.15, 0.2) is 0 Å². The van der Waals surface area contributed by atoms with Gasteiger partial charge in [0.2, 0.25) is 0 Å². The van der Waals surface area contributed by atoms with Crippen molar-refractivity contribution in [2.75, 3.05) is 19.7 Å². The SMILES string of the molecule is CCCCCCCCN(CCCCCCCC)OCCCCCC. The quantitative estimate of drug-likeness (QED) is 0.168. The molecule has 0 aliphatic rings. The third-order valence-electron chi connectivity index (χ3n) is 4.79. The maximum Gasteiger partial charge on any atom is 0.0685 e. The van der Waals surface area contributed by atoms with E-state index in [1.807, 2.05) is 0 Å². The maximum atomic E-state index is 6.08. The normalized spacial score (nSPS) is 11.5. The first kappa shape index (κ1) is 23.9. The van der Waals surface area contributed by atoms with Crippen LogP contribution in [0.25, 0.3) is 0 Å². The molecule has 0 heterocycles. The molecule has 0 N–H and O–H groups in total. The van der Waals surface area contributed by atoms with Crippen molar-refractivity contribution >= 4 is 0 Å². The minimum Gasteiger partial charge on any atom is -0.299 e. The van der Waals surface area contributed by atoms with Gasteiger partial charge >= 0.3 is 0 Å². The summed E-state index contributed by atoms with van der Waals surface area (Å²) in [6.45, 7) is 10.0. The maximum absolute atomic E-state index is 6.08. The number of rotatable bonds is 20. The molecule has 0 aromatic carbocycles. The molecule has 0 aromatic heterocycles. The highest BCUT2D eigenvalue weighted by molar-refractivity contribution is 4.52. The number of nitrogens with zero attached hydrogens (tertiary/aromatic N) is 1. The number of hydrogen-bond donors (Lipinski definition) is 0. The summed E-state index contributed by atoms with van der Waals surface area (Å²) in [7, 11) is 0. The fourth-order valence-corrected chi connectivity index (χ4v) is 3.10. The van der Waals surface area contributed by atoms with Gasteiger partial charge in [-0.2, -0.15) is 5.06 Å². The van der Waals surface area contributed by atoms with Crippen molar-refractivity contribution in [1.29, 1.82) is 0 Å². The van der Waals surface area contributed by atoms with Gasteiger partial charge in [0.1, 0.15) is 0 Å². The molecule has 0 saturated heterocycles. The first-order valence-corrected chi connectivity index (χ1v) is 11.2. The van der Waals surface area contributed by atoms with Crippen LogP contribution in [0.2, 0.25) is 0 Å². The first-order valence-electron chi connectivity index (χ1n) is 11.2. The van der Waals surface area contributed by atoms with E-state index in [9.17, 15) is 0 Å². The Hall–Kier alpha value is -0.0800. The highest BCUT2D eigenvalue weighted by atomic mass is 16.7. The molecule has 0 fully saturated rings. The molecular formula is C22H47NO. The highest BCUT2D eigenvalue weighted by Crippen LogP contribution is 2.10. The third kappa shape index (κ3) is 18.3. The molecule has 0 amide bonds. The van der Waals surface area contributed by atoms with Crippen molar-refractivity contribution in [2.45, 2.75) is 124 Å². The molecule has 0 rings (SSSR count). The van der Waals surface area contributed by atoms with E-state index in [2.05, 4.69) is 25.8 Å². The zero-order valence-electron chi connectivity index (χ0n) is 17.3. The van der Waals surface area contributed by atoms with E-state index in [-0.39, 0.29) is 0 Å². The average molecular weight is 342 g/mol. The molecule has 2 nitrogen and oxygen atoms in total. The average Bonchev–Trinajstić information content (AvgIpc) is 2.60. The number of hydrogen-bond acceptors (Lipinski definition) is 2. The van der Waals surface area contributed by atoms with Gasteiger partial charge in [0.05, 0.1) is 6.61 Å². The molecule has 0 radical (unpaired) electrons. The fraction of sp³-hybridized carbons (Fsp3) is 1.00. The van der Waals surface area contributed by atoms with Gasteiger partial charge in [-0.05, 0) is 19.3 Å². The zero-order chi connectivity index (χ0) is 17.7. The van der Waals surface area contributed by atoms with E-state index < -0.39 is 0 Å². The van der Waals surface area contributed by atoms with Crippen molar-refractivity contribution in [3.8, 4) is 0 Å². The fourth-order valence-electron chi connectivity index (χ4n) is 3.10. The van der Waals surface area contributed by atoms with Crippen LogP contribution in [0.1, 0.15) is 124 Å². The highest BCUT2D eigenvalue weighted by Gasteiger charge is 2.05. The summed E-state index contributed by atoms with van der Waals surface area (Å²) in [4.78, 5) is 6.08. The summed E-state index contributed by atoms with van der Waals surface area (Å²) in [6, 6.07) is 0. The van der Waals surface area contributed by atoms with Crippen LogP contribution < -0.4 is 0 Å². The van der Waals surface area contributed by atoms with Crippen molar-refractivity contribution in [3.63, 3.8) is 0 Å². The van der Waals surface area contributed by atoms with Crippen LogP contribution in [0.4, 0.5) is 0 Å². The Morgan fingerprint density at radius 2 is 0.833 bits per heavy atom. The lowest BCUT2D eigenvalue weighted by Crippen LogP contribution is -2.27. The third-order valence-corrected chi connectivity index (χ3v) is 4.79. The smallest absolute Gasteiger partial charge is 0.0685 e. The largest absolute Gasteiger partial charge is 0.299 e. The Balaban J connectivity index is 3.74. The van der Waals surface area contributed by atoms with Crippen molar-refractivity contribution in [2.24, 2.45) is 0 Å². The van der Waals surface area contributed by atoms with E-state index in [0.717, 1.165) is 19.7 Å². The monoisotopic (exact) mass is 341 g/mol. The molecule has 0 saturated carbocycles. The first-order chi connectivity index (χ1) is 11.8. The van der Waals surface area contributed by atoms with Gasteiger partial charge < -0.3 is 0 Å². The van der Waals surface area contributed by atoms with E-state index >= 15 is 0 Å². The van der Waals surface area contributed by atoms with E-state index in [4.69, 9.17) is 4.84 Å². The molecular weight excluding hydrogens is 294 g/mol. The Labute approximate surface area is 153 Å². The van der Waals surface area contributed by atoms with Gasteiger partial charge in [-0.3, -0.25) is 4.84 Å². The number of unbranched alkanes of at least 4 members (excludes halogenated alkanes) is 13. The topological polar surface area (TPSA) is 12.5 Å². The molecule has 146 valence electrons. The van der Waals surface area contributed by atoms with Crippen molar-refractivity contribution in [1.82, 2.24) is 5.06 Å². The van der Waals surface area contributed by atoms with Crippen molar-refractivity contribution in [3.05, 3.63) is 0 Å². The van der Waals surface area contributed by atoms with Gasteiger partial charge in [-0.1, -0.05) is 104 Å². The molecule has 24 heavy (non-hydrogen) atoms. The van der Waals surface area contributed by atoms with Crippen LogP contribution in [-0.2, 0) is 4.84 Å². The molecule has 2 heteroatoms. The van der Waals surface area contributed by atoms with Gasteiger partial charge in [-0.15, -0.1) is 0 Å². The second-order valence-electron chi connectivity index (χ2n) is 7.36. The minimum absolute atomic E-state index is 0.922. The Bertz CT molecular complexity index is 204. The Morgan fingerprint density at radius 1 is 0.458 bits per heavy atom. The lowest BCUT2D eigenvalue weighted by molar-refractivity contribution is -0.161. The lowest BCUT2D eigenvalue weighted by Gasteiger charge is -2.22. The van der Waals surface area contributed by atoms with Gasteiger partial charge in [0, 0.05) is 13.1 Å². The molecule has 0 aliphatic heterocycles. The second kappa shape index (κ2) is 21.0. The Morgan fingerprint density at radius 3 is 1.29 bits per heavy atom. The van der Waals surface area contributed by atoms with E-state index in [0.29, 0.717) is 0 Å². The molecule has 0 aliphatic carbocycles. The number of hydroxylamine groups is 2. The van der Waals surface area contributed by atoms with Crippen LogP contribution >= 0.6 is 0 Å².